The van der Waals surface area contributed by atoms with Crippen LogP contribution in [0, 0.1) is 5.41 Å². The second-order valence-electron chi connectivity index (χ2n) is 7.74. The molecule has 1 aliphatic heterocycles. The molecule has 5 nitrogen and oxygen atoms in total. The maximum atomic E-state index is 12.0. The molecule has 1 saturated carbocycles. The van der Waals surface area contributed by atoms with Gasteiger partial charge in [-0.05, 0) is 72.4 Å². The lowest BCUT2D eigenvalue weighted by Gasteiger charge is -2.58. The minimum Gasteiger partial charge on any atom is -0.444 e. The molecule has 1 spiro atoms. The number of carbonyl (C=O) groups is 1. The van der Waals surface area contributed by atoms with Crippen LogP contribution in [0.2, 0.25) is 0 Å². The van der Waals surface area contributed by atoms with E-state index < -0.39 is 5.60 Å². The summed E-state index contributed by atoms with van der Waals surface area (Å²) in [4.78, 5) is 18.5. The van der Waals surface area contributed by atoms with Gasteiger partial charge in [-0.3, -0.25) is 0 Å². The number of hydrogen-bond acceptors (Lipinski definition) is 3. The molecule has 2 fully saturated rings. The standard InChI is InChI=1S/C16H23Br2N3O2/c1-5-21-12(18)11(17)19-13(21)10-6-16(7-10)8-20(9-16)14(22)23-15(2,3)4/h10H,5-9H2,1-4H3. The fraction of sp³-hybridized carbons (Fsp3) is 0.750. The highest BCUT2D eigenvalue weighted by Gasteiger charge is 2.55. The number of imidazole rings is 1. The fourth-order valence-electron chi connectivity index (χ4n) is 3.68. The third-order valence-electron chi connectivity index (χ3n) is 4.64. The second kappa shape index (κ2) is 5.76. The number of aromatic nitrogens is 2. The van der Waals surface area contributed by atoms with Crippen LogP contribution in [-0.4, -0.2) is 39.2 Å². The predicted octanol–water partition coefficient (Wildman–Crippen LogP) is 4.54. The van der Waals surface area contributed by atoms with Crippen LogP contribution in [0.3, 0.4) is 0 Å². The van der Waals surface area contributed by atoms with Gasteiger partial charge in [0, 0.05) is 31.0 Å². The molecule has 0 aromatic carbocycles. The third-order valence-corrected chi connectivity index (χ3v) is 6.53. The van der Waals surface area contributed by atoms with Crippen molar-refractivity contribution in [3.05, 3.63) is 15.0 Å². The number of halogens is 2. The van der Waals surface area contributed by atoms with Crippen molar-refractivity contribution < 1.29 is 9.53 Å². The summed E-state index contributed by atoms with van der Waals surface area (Å²) < 4.78 is 9.53. The molecule has 0 radical (unpaired) electrons. The molecule has 1 saturated heterocycles. The number of ether oxygens (including phenoxy) is 1. The van der Waals surface area contributed by atoms with Gasteiger partial charge in [0.1, 0.15) is 20.6 Å². The van der Waals surface area contributed by atoms with E-state index >= 15 is 0 Å². The van der Waals surface area contributed by atoms with Crippen LogP contribution in [-0.2, 0) is 11.3 Å². The summed E-state index contributed by atoms with van der Waals surface area (Å²) in [5.41, 5.74) is -0.141. The molecule has 0 unspecified atom stereocenters. The van der Waals surface area contributed by atoms with Gasteiger partial charge >= 0.3 is 6.09 Å². The maximum Gasteiger partial charge on any atom is 0.410 e. The Labute approximate surface area is 154 Å². The number of rotatable bonds is 2. The molecule has 128 valence electrons. The van der Waals surface area contributed by atoms with E-state index in [2.05, 4.69) is 48.3 Å². The first-order valence-corrected chi connectivity index (χ1v) is 9.62. The molecule has 2 aliphatic rings. The van der Waals surface area contributed by atoms with Gasteiger partial charge in [-0.1, -0.05) is 0 Å². The Morgan fingerprint density at radius 2 is 1.96 bits per heavy atom. The molecule has 1 aromatic heterocycles. The lowest BCUT2D eigenvalue weighted by molar-refractivity contribution is -0.0802. The van der Waals surface area contributed by atoms with Gasteiger partial charge in [0.15, 0.2) is 0 Å². The van der Waals surface area contributed by atoms with E-state index in [9.17, 15) is 4.79 Å². The maximum absolute atomic E-state index is 12.0. The molecular formula is C16H23Br2N3O2. The van der Waals surface area contributed by atoms with E-state index in [0.717, 1.165) is 47.5 Å². The van der Waals surface area contributed by atoms with Crippen molar-refractivity contribution in [1.29, 1.82) is 0 Å². The summed E-state index contributed by atoms with van der Waals surface area (Å²) in [5, 5.41) is 0. The van der Waals surface area contributed by atoms with Crippen molar-refractivity contribution in [1.82, 2.24) is 14.5 Å². The third kappa shape index (κ3) is 3.18. The van der Waals surface area contributed by atoms with Crippen LogP contribution in [0.15, 0.2) is 9.21 Å². The molecule has 1 amide bonds. The van der Waals surface area contributed by atoms with E-state index in [1.54, 1.807) is 0 Å². The molecule has 23 heavy (non-hydrogen) atoms. The highest BCUT2D eigenvalue weighted by molar-refractivity contribution is 9.13. The van der Waals surface area contributed by atoms with Gasteiger partial charge in [0.05, 0.1) is 0 Å². The summed E-state index contributed by atoms with van der Waals surface area (Å²) >= 11 is 7.08. The first-order valence-electron chi connectivity index (χ1n) is 8.03. The zero-order valence-electron chi connectivity index (χ0n) is 14.0. The number of hydrogen-bond donors (Lipinski definition) is 0. The largest absolute Gasteiger partial charge is 0.444 e. The second-order valence-corrected chi connectivity index (χ2v) is 9.24. The summed E-state index contributed by atoms with van der Waals surface area (Å²) in [6.45, 7) is 10.4. The van der Waals surface area contributed by atoms with Gasteiger partial charge in [0.2, 0.25) is 0 Å². The lowest BCUT2D eigenvalue weighted by Crippen LogP contribution is -2.63. The Balaban J connectivity index is 1.57. The molecule has 1 aliphatic carbocycles. The summed E-state index contributed by atoms with van der Waals surface area (Å²) in [6.07, 6.45) is 2.01. The Morgan fingerprint density at radius 1 is 1.35 bits per heavy atom. The van der Waals surface area contributed by atoms with E-state index in [-0.39, 0.29) is 11.5 Å². The van der Waals surface area contributed by atoms with E-state index in [1.807, 2.05) is 25.7 Å². The van der Waals surface area contributed by atoms with Crippen molar-refractivity contribution in [2.24, 2.45) is 5.41 Å². The van der Waals surface area contributed by atoms with E-state index in [1.165, 1.54) is 0 Å². The van der Waals surface area contributed by atoms with E-state index in [4.69, 9.17) is 4.74 Å². The highest BCUT2D eigenvalue weighted by atomic mass is 79.9. The quantitative estimate of drug-likeness (QED) is 0.666. The van der Waals surface area contributed by atoms with Crippen LogP contribution >= 0.6 is 31.9 Å². The van der Waals surface area contributed by atoms with Crippen molar-refractivity contribution in [3.8, 4) is 0 Å². The van der Waals surface area contributed by atoms with Crippen molar-refractivity contribution in [2.45, 2.75) is 58.6 Å². The molecule has 1 aromatic rings. The number of likely N-dealkylation sites (tertiary alicyclic amines) is 1. The summed E-state index contributed by atoms with van der Waals surface area (Å²) in [6, 6.07) is 0. The Kier molecular flexibility index (Phi) is 4.32. The first kappa shape index (κ1) is 17.3. The molecule has 7 heteroatoms. The highest BCUT2D eigenvalue weighted by Crippen LogP contribution is 2.56. The first-order chi connectivity index (χ1) is 10.6. The zero-order chi connectivity index (χ0) is 17.0. The fourth-order valence-corrected chi connectivity index (χ4v) is 4.59. The normalized spacial score (nSPS) is 20.3. The molecule has 2 heterocycles. The zero-order valence-corrected chi connectivity index (χ0v) is 17.2. The number of carbonyl (C=O) groups excluding carboxylic acids is 1. The molecule has 3 rings (SSSR count). The van der Waals surface area contributed by atoms with Crippen LogP contribution in [0.1, 0.15) is 52.3 Å². The Hall–Kier alpha value is -0.560. The minimum absolute atomic E-state index is 0.188. The van der Waals surface area contributed by atoms with Crippen molar-refractivity contribution >= 4 is 38.0 Å². The average molecular weight is 449 g/mol. The molecule has 0 N–H and O–H groups in total. The summed E-state index contributed by atoms with van der Waals surface area (Å²) in [7, 11) is 0. The average Bonchev–Trinajstić information content (AvgIpc) is 2.59. The predicted molar refractivity (Wildman–Crippen MR) is 95.5 cm³/mol. The molecular weight excluding hydrogens is 426 g/mol. The molecule has 0 atom stereocenters. The summed E-state index contributed by atoms with van der Waals surface area (Å²) in [5.74, 6) is 1.63. The topological polar surface area (TPSA) is 47.4 Å². The Bertz CT molecular complexity index is 622. The van der Waals surface area contributed by atoms with Gasteiger partial charge in [-0.15, -0.1) is 0 Å². The van der Waals surface area contributed by atoms with Gasteiger partial charge in [0.25, 0.3) is 0 Å². The van der Waals surface area contributed by atoms with Gasteiger partial charge in [-0.2, -0.15) is 0 Å². The number of nitrogens with zero attached hydrogens (tertiary/aromatic N) is 3. The molecule has 0 bridgehead atoms. The van der Waals surface area contributed by atoms with Crippen LogP contribution in [0.4, 0.5) is 4.79 Å². The van der Waals surface area contributed by atoms with Crippen molar-refractivity contribution in [2.75, 3.05) is 13.1 Å². The van der Waals surface area contributed by atoms with Crippen LogP contribution in [0.25, 0.3) is 0 Å². The van der Waals surface area contributed by atoms with Gasteiger partial charge < -0.3 is 14.2 Å². The Morgan fingerprint density at radius 3 is 2.48 bits per heavy atom. The van der Waals surface area contributed by atoms with Crippen LogP contribution < -0.4 is 0 Å². The van der Waals surface area contributed by atoms with Gasteiger partial charge in [-0.25, -0.2) is 9.78 Å². The lowest BCUT2D eigenvalue weighted by atomic mass is 9.57. The van der Waals surface area contributed by atoms with E-state index in [0.29, 0.717) is 5.92 Å². The SMILES string of the molecule is CCn1c(C2CC3(C2)CN(C(=O)OC(C)(C)C)C3)nc(Br)c1Br. The monoisotopic (exact) mass is 447 g/mol. The smallest absolute Gasteiger partial charge is 0.410 e. The van der Waals surface area contributed by atoms with Crippen LogP contribution in [0.5, 0.6) is 0 Å². The van der Waals surface area contributed by atoms with Crippen molar-refractivity contribution in [3.63, 3.8) is 0 Å². The number of amides is 1. The minimum atomic E-state index is -0.424.